The molecule has 7 heavy (non-hydrogen) atoms. The Hall–Kier alpha value is -0.840. The second-order valence-corrected chi connectivity index (χ2v) is 0.720. The molecule has 0 aromatic carbocycles. The molecule has 0 saturated heterocycles. The first kappa shape index (κ1) is 6.16. The fourth-order valence-corrected chi connectivity index (χ4v) is 0.105. The van der Waals surface area contributed by atoms with E-state index in [-0.39, 0.29) is 13.2 Å². The molecule has 1 N–H and O–H groups in total. The van der Waals surface area contributed by atoms with E-state index >= 15 is 0 Å². The third-order valence-corrected chi connectivity index (χ3v) is 0.274. The van der Waals surface area contributed by atoms with Crippen molar-refractivity contribution in [3.05, 3.63) is 0 Å². The predicted molar refractivity (Wildman–Crippen MR) is 18.6 cm³/mol. The summed E-state index contributed by atoms with van der Waals surface area (Å²) in [6.45, 7) is -0.134. The molecule has 0 fully saturated rings. The summed E-state index contributed by atoms with van der Waals surface area (Å²) in [6.07, 6.45) is 0. The van der Waals surface area contributed by atoms with Crippen LogP contribution < -0.4 is 0 Å². The third-order valence-electron chi connectivity index (χ3n) is 0.274. The normalized spacial score (nSPS) is 9.86. The smallest absolute Gasteiger partial charge is 0.142 e. The summed E-state index contributed by atoms with van der Waals surface area (Å²) in [5.74, 6) is 0. The highest BCUT2D eigenvalue weighted by molar-refractivity contribution is 4.13. The molecular formula is C2H5N2O3. The van der Waals surface area contributed by atoms with E-state index in [4.69, 9.17) is 10.3 Å². The fourth-order valence-electron chi connectivity index (χ4n) is 0.105. The topological polar surface area (TPSA) is 74.1 Å². The molecule has 0 unspecified atom stereocenters. The van der Waals surface area contributed by atoms with Gasteiger partial charge in [0.15, 0.2) is 0 Å². The molecule has 0 amide bonds. The second kappa shape index (κ2) is 5.16. The minimum atomic E-state index is -0.154. The van der Waals surface area contributed by atoms with Crippen LogP contribution in [-0.4, -0.2) is 18.3 Å². The van der Waals surface area contributed by atoms with Gasteiger partial charge in [0.1, 0.15) is 11.9 Å². The highest BCUT2D eigenvalue weighted by Crippen LogP contribution is 1.72. The van der Waals surface area contributed by atoms with E-state index < -0.39 is 0 Å². The maximum absolute atomic E-state index is 9.06. The van der Waals surface area contributed by atoms with Crippen LogP contribution in [0.15, 0.2) is 10.6 Å². The number of aliphatic hydroxyl groups is 1. The van der Waals surface area contributed by atoms with Crippen molar-refractivity contribution < 1.29 is 15.2 Å². The molecule has 0 rings (SSSR count). The van der Waals surface area contributed by atoms with Gasteiger partial charge in [0.05, 0.1) is 11.9 Å². The van der Waals surface area contributed by atoms with E-state index in [0.717, 1.165) is 0 Å². The Morgan fingerprint density at radius 3 is 2.86 bits per heavy atom. The second-order valence-electron chi connectivity index (χ2n) is 0.720. The van der Waals surface area contributed by atoms with E-state index in [1.807, 2.05) is 5.28 Å². The van der Waals surface area contributed by atoms with Crippen molar-refractivity contribution in [3.8, 4) is 0 Å². The van der Waals surface area contributed by atoms with Crippen molar-refractivity contribution in [3.63, 3.8) is 0 Å². The molecule has 5 nitrogen and oxygen atoms in total. The van der Waals surface area contributed by atoms with Crippen molar-refractivity contribution in [1.29, 1.82) is 0 Å². The average molecular weight is 105 g/mol. The van der Waals surface area contributed by atoms with Crippen LogP contribution in [0.25, 0.3) is 0 Å². The lowest BCUT2D eigenvalue weighted by Crippen LogP contribution is -1.91. The van der Waals surface area contributed by atoms with Crippen LogP contribution in [0, 0.1) is 0 Å². The van der Waals surface area contributed by atoms with E-state index in [1.54, 1.807) is 0 Å². The van der Waals surface area contributed by atoms with Gasteiger partial charge in [0, 0.05) is 0 Å². The molecule has 0 spiro atoms. The molecule has 0 aliphatic rings. The molecule has 0 saturated carbocycles. The van der Waals surface area contributed by atoms with Crippen molar-refractivity contribution in [2.75, 3.05) is 13.2 Å². The van der Waals surface area contributed by atoms with E-state index in [1.165, 1.54) is 0 Å². The van der Waals surface area contributed by atoms with Gasteiger partial charge in [0.2, 0.25) is 0 Å². The van der Waals surface area contributed by atoms with Gasteiger partial charge in [0.25, 0.3) is 0 Å². The van der Waals surface area contributed by atoms with Gasteiger partial charge in [-0.25, -0.2) is 0 Å². The van der Waals surface area contributed by atoms with Crippen LogP contribution in [0.1, 0.15) is 0 Å². The SMILES string of the molecule is [O]N=NOCCO. The maximum atomic E-state index is 9.06. The van der Waals surface area contributed by atoms with Crippen LogP contribution >= 0.6 is 0 Å². The quantitative estimate of drug-likeness (QED) is 0.304. The van der Waals surface area contributed by atoms with Crippen LogP contribution in [0.2, 0.25) is 0 Å². The summed E-state index contributed by atoms with van der Waals surface area (Å²) in [4.78, 5) is 4.03. The summed E-state index contributed by atoms with van der Waals surface area (Å²) in [5.41, 5.74) is 0. The average Bonchev–Trinajstić information content (AvgIpc) is 1.69. The highest BCUT2D eigenvalue weighted by atomic mass is 16.7. The Labute approximate surface area is 40.2 Å². The van der Waals surface area contributed by atoms with Crippen molar-refractivity contribution in [1.82, 2.24) is 0 Å². The van der Waals surface area contributed by atoms with E-state index in [2.05, 4.69) is 10.1 Å². The molecular weight excluding hydrogens is 100 g/mol. The predicted octanol–water partition coefficient (Wildman–Crippen LogP) is -0.292. The largest absolute Gasteiger partial charge is 0.393 e. The van der Waals surface area contributed by atoms with Gasteiger partial charge < -0.3 is 9.94 Å². The Kier molecular flexibility index (Phi) is 4.54. The minimum Gasteiger partial charge on any atom is -0.393 e. The number of rotatable bonds is 3. The summed E-state index contributed by atoms with van der Waals surface area (Å²) >= 11 is 0. The number of hydrogen-bond donors (Lipinski definition) is 1. The van der Waals surface area contributed by atoms with Gasteiger partial charge in [-0.3, -0.25) is 0 Å². The first-order valence-corrected chi connectivity index (χ1v) is 1.67. The summed E-state index contributed by atoms with van der Waals surface area (Å²) in [6, 6.07) is 0. The van der Waals surface area contributed by atoms with Crippen molar-refractivity contribution in [2.45, 2.75) is 0 Å². The lowest BCUT2D eigenvalue weighted by atomic mass is 10.8. The third kappa shape index (κ3) is 5.16. The zero-order chi connectivity index (χ0) is 5.54. The molecule has 0 aliphatic carbocycles. The minimum absolute atomic E-state index is 0.0196. The van der Waals surface area contributed by atoms with E-state index in [0.29, 0.717) is 0 Å². The Morgan fingerprint density at radius 1 is 1.71 bits per heavy atom. The molecule has 0 bridgehead atoms. The zero-order valence-electron chi connectivity index (χ0n) is 3.57. The van der Waals surface area contributed by atoms with Crippen molar-refractivity contribution in [2.24, 2.45) is 10.6 Å². The van der Waals surface area contributed by atoms with Crippen LogP contribution in [0.5, 0.6) is 0 Å². The summed E-state index contributed by atoms with van der Waals surface area (Å²) in [5, 5.41) is 21.6. The van der Waals surface area contributed by atoms with Crippen LogP contribution in [0.4, 0.5) is 0 Å². The van der Waals surface area contributed by atoms with Gasteiger partial charge in [-0.05, 0) is 0 Å². The van der Waals surface area contributed by atoms with Gasteiger partial charge >= 0.3 is 0 Å². The van der Waals surface area contributed by atoms with E-state index in [9.17, 15) is 0 Å². The molecule has 0 aromatic heterocycles. The number of aliphatic hydroxyl groups excluding tert-OH is 1. The molecule has 0 atom stereocenters. The zero-order valence-corrected chi connectivity index (χ0v) is 3.57. The first-order chi connectivity index (χ1) is 3.41. The van der Waals surface area contributed by atoms with Gasteiger partial charge in [-0.1, -0.05) is 0 Å². The summed E-state index contributed by atoms with van der Waals surface area (Å²) in [7, 11) is 0. The highest BCUT2D eigenvalue weighted by Gasteiger charge is 1.75. The van der Waals surface area contributed by atoms with Gasteiger partial charge in [-0.2, -0.15) is 0 Å². The Bertz CT molecular complexity index is 54.9. The summed E-state index contributed by atoms with van der Waals surface area (Å²) < 4.78 is 0. The standard InChI is InChI=1S/C2H5N2O3/c5-1-2-7-4-3-6/h5H,1-2H2. The molecule has 0 heterocycles. The molecule has 0 aromatic rings. The molecule has 5 heteroatoms. The van der Waals surface area contributed by atoms with Crippen molar-refractivity contribution >= 4 is 0 Å². The Balaban J connectivity index is 2.69. The fraction of sp³-hybridized carbons (Fsp3) is 1.00. The van der Waals surface area contributed by atoms with Crippen LogP contribution in [-0.2, 0) is 10.0 Å². The lowest BCUT2D eigenvalue weighted by molar-refractivity contribution is 0.0374. The lowest BCUT2D eigenvalue weighted by Gasteiger charge is -1.85. The maximum Gasteiger partial charge on any atom is 0.142 e. The first-order valence-electron chi connectivity index (χ1n) is 1.67. The van der Waals surface area contributed by atoms with Gasteiger partial charge in [-0.15, -0.1) is 5.21 Å². The molecule has 41 valence electrons. The number of hydrogen-bond acceptors (Lipinski definition) is 4. The van der Waals surface area contributed by atoms with Crippen LogP contribution in [0.3, 0.4) is 0 Å². The monoisotopic (exact) mass is 105 g/mol. The Morgan fingerprint density at radius 2 is 2.43 bits per heavy atom. The molecule has 1 radical (unpaired) electrons. The molecule has 0 aliphatic heterocycles. The number of nitrogens with zero attached hydrogens (tertiary/aromatic N) is 2.